The summed E-state index contributed by atoms with van der Waals surface area (Å²) in [6, 6.07) is 20.4. The fourth-order valence-corrected chi connectivity index (χ4v) is 4.57. The first-order valence-corrected chi connectivity index (χ1v) is 11.7. The average Bonchev–Trinajstić information content (AvgIpc) is 3.47. The number of aromatic nitrogens is 2. The van der Waals surface area contributed by atoms with Crippen molar-refractivity contribution in [3.8, 4) is 11.1 Å². The van der Waals surface area contributed by atoms with Crippen molar-refractivity contribution in [3.63, 3.8) is 0 Å². The van der Waals surface area contributed by atoms with E-state index >= 15 is 0 Å². The van der Waals surface area contributed by atoms with Crippen LogP contribution in [0.3, 0.4) is 0 Å². The summed E-state index contributed by atoms with van der Waals surface area (Å²) >= 11 is 0. The SMILES string of the molecule is CCn1ccc(C(=O)N2CCC(Cc3cccc(-c4ccccc4)c3)(C(=O)NC(C)C)C2)n1. The number of rotatable bonds is 7. The summed E-state index contributed by atoms with van der Waals surface area (Å²) in [6.07, 6.45) is 3.03. The normalized spacial score (nSPS) is 18.0. The van der Waals surface area contributed by atoms with Gasteiger partial charge in [0.25, 0.3) is 5.91 Å². The van der Waals surface area contributed by atoms with E-state index in [1.54, 1.807) is 15.6 Å². The van der Waals surface area contributed by atoms with E-state index in [1.807, 2.05) is 51.2 Å². The van der Waals surface area contributed by atoms with E-state index in [-0.39, 0.29) is 17.9 Å². The van der Waals surface area contributed by atoms with Crippen molar-refractivity contribution in [2.75, 3.05) is 13.1 Å². The second-order valence-electron chi connectivity index (χ2n) is 9.19. The van der Waals surface area contributed by atoms with Gasteiger partial charge < -0.3 is 10.2 Å². The van der Waals surface area contributed by atoms with Crippen LogP contribution in [-0.2, 0) is 17.8 Å². The van der Waals surface area contributed by atoms with Gasteiger partial charge in [-0.1, -0.05) is 54.6 Å². The Bertz CT molecular complexity index is 1120. The summed E-state index contributed by atoms with van der Waals surface area (Å²) < 4.78 is 1.75. The minimum atomic E-state index is -0.664. The highest BCUT2D eigenvalue weighted by Gasteiger charge is 2.46. The minimum absolute atomic E-state index is 0.0111. The Balaban J connectivity index is 1.59. The van der Waals surface area contributed by atoms with Gasteiger partial charge in [0.05, 0.1) is 5.41 Å². The minimum Gasteiger partial charge on any atom is -0.353 e. The molecule has 1 N–H and O–H groups in total. The first kappa shape index (κ1) is 22.8. The highest BCUT2D eigenvalue weighted by atomic mass is 16.2. The van der Waals surface area contributed by atoms with Crippen LogP contribution < -0.4 is 5.32 Å². The van der Waals surface area contributed by atoms with Crippen LogP contribution in [-0.4, -0.2) is 45.6 Å². The van der Waals surface area contributed by atoms with Crippen LogP contribution in [0, 0.1) is 5.41 Å². The van der Waals surface area contributed by atoms with Gasteiger partial charge in [-0.15, -0.1) is 0 Å². The molecular weight excluding hydrogens is 412 g/mol. The number of amides is 2. The van der Waals surface area contributed by atoms with Gasteiger partial charge >= 0.3 is 0 Å². The molecule has 0 bridgehead atoms. The summed E-state index contributed by atoms with van der Waals surface area (Å²) in [5.41, 5.74) is 3.14. The number of aryl methyl sites for hydroxylation is 1. The third-order valence-corrected chi connectivity index (χ3v) is 6.30. The molecule has 3 aromatic rings. The lowest BCUT2D eigenvalue weighted by molar-refractivity contribution is -0.130. The summed E-state index contributed by atoms with van der Waals surface area (Å²) in [5.74, 6) is -0.101. The molecular formula is C27H32N4O2. The molecule has 6 nitrogen and oxygen atoms in total. The molecule has 1 fully saturated rings. The second-order valence-corrected chi connectivity index (χ2v) is 9.19. The van der Waals surface area contributed by atoms with E-state index in [4.69, 9.17) is 0 Å². The van der Waals surface area contributed by atoms with Crippen LogP contribution in [0.1, 0.15) is 43.2 Å². The average molecular weight is 445 g/mol. The summed E-state index contributed by atoms with van der Waals surface area (Å²) in [7, 11) is 0. The van der Waals surface area contributed by atoms with E-state index < -0.39 is 5.41 Å². The van der Waals surface area contributed by atoms with Crippen molar-refractivity contribution in [2.24, 2.45) is 5.41 Å². The molecule has 1 atom stereocenters. The highest BCUT2D eigenvalue weighted by molar-refractivity contribution is 5.93. The fourth-order valence-electron chi connectivity index (χ4n) is 4.57. The Morgan fingerprint density at radius 1 is 1.06 bits per heavy atom. The number of carbonyl (C=O) groups excluding carboxylic acids is 2. The van der Waals surface area contributed by atoms with Crippen molar-refractivity contribution in [2.45, 2.75) is 46.2 Å². The topological polar surface area (TPSA) is 67.2 Å². The standard InChI is InChI=1S/C27H32N4O2/c1-4-31-15-13-24(29-31)25(32)30-16-14-27(19-30,26(33)28-20(2)3)18-21-9-8-12-23(17-21)22-10-6-5-7-11-22/h5-13,15,17,20H,4,14,16,18-19H2,1-3H3,(H,28,33). The summed E-state index contributed by atoms with van der Waals surface area (Å²) in [6.45, 7) is 7.57. The lowest BCUT2D eigenvalue weighted by atomic mass is 9.79. The first-order valence-electron chi connectivity index (χ1n) is 11.7. The molecule has 172 valence electrons. The maximum Gasteiger partial charge on any atom is 0.274 e. The second kappa shape index (κ2) is 9.61. The third kappa shape index (κ3) is 5.00. The van der Waals surface area contributed by atoms with Crippen LogP contribution in [0.15, 0.2) is 66.9 Å². The molecule has 1 unspecified atom stereocenters. The number of hydrogen-bond acceptors (Lipinski definition) is 3. The Hall–Kier alpha value is -3.41. The van der Waals surface area contributed by atoms with E-state index in [9.17, 15) is 9.59 Å². The molecule has 0 spiro atoms. The lowest BCUT2D eigenvalue weighted by Crippen LogP contribution is -2.47. The maximum absolute atomic E-state index is 13.4. The van der Waals surface area contributed by atoms with Crippen LogP contribution in [0.5, 0.6) is 0 Å². The smallest absolute Gasteiger partial charge is 0.274 e. The van der Waals surface area contributed by atoms with Gasteiger partial charge in [0.2, 0.25) is 5.91 Å². The van der Waals surface area contributed by atoms with Crippen molar-refractivity contribution >= 4 is 11.8 Å². The van der Waals surface area contributed by atoms with Gasteiger partial charge in [0.1, 0.15) is 5.69 Å². The first-order chi connectivity index (χ1) is 15.9. The van der Waals surface area contributed by atoms with Crippen LogP contribution >= 0.6 is 0 Å². The van der Waals surface area contributed by atoms with Crippen molar-refractivity contribution in [1.29, 1.82) is 0 Å². The number of carbonyl (C=O) groups is 2. The van der Waals surface area contributed by atoms with Gasteiger partial charge in [-0.2, -0.15) is 5.10 Å². The zero-order chi connectivity index (χ0) is 23.4. The van der Waals surface area contributed by atoms with Gasteiger partial charge in [-0.3, -0.25) is 14.3 Å². The lowest BCUT2D eigenvalue weighted by Gasteiger charge is -2.29. The number of nitrogens with one attached hydrogen (secondary N) is 1. The molecule has 1 aliphatic heterocycles. The predicted octanol–water partition coefficient (Wildman–Crippen LogP) is 4.17. The molecule has 0 saturated carbocycles. The van der Waals surface area contributed by atoms with Crippen molar-refractivity contribution in [3.05, 3.63) is 78.1 Å². The number of nitrogens with zero attached hydrogens (tertiary/aromatic N) is 3. The summed E-state index contributed by atoms with van der Waals surface area (Å²) in [4.78, 5) is 28.3. The Morgan fingerprint density at radius 3 is 2.52 bits per heavy atom. The van der Waals surface area contributed by atoms with Gasteiger partial charge in [-0.25, -0.2) is 0 Å². The van der Waals surface area contributed by atoms with E-state index in [0.29, 0.717) is 38.2 Å². The molecule has 1 saturated heterocycles. The molecule has 33 heavy (non-hydrogen) atoms. The highest BCUT2D eigenvalue weighted by Crippen LogP contribution is 2.36. The van der Waals surface area contributed by atoms with Crippen LogP contribution in [0.25, 0.3) is 11.1 Å². The molecule has 6 heteroatoms. The molecule has 1 aliphatic rings. The number of likely N-dealkylation sites (tertiary alicyclic amines) is 1. The van der Waals surface area contributed by atoms with Gasteiger partial charge in [0, 0.05) is 31.9 Å². The molecule has 1 aromatic heterocycles. The largest absolute Gasteiger partial charge is 0.353 e. The Morgan fingerprint density at radius 2 is 1.82 bits per heavy atom. The van der Waals surface area contributed by atoms with Gasteiger partial charge in [-0.05, 0) is 56.4 Å². The molecule has 0 radical (unpaired) electrons. The predicted molar refractivity (Wildman–Crippen MR) is 130 cm³/mol. The van der Waals surface area contributed by atoms with E-state index in [2.05, 4.69) is 40.7 Å². The van der Waals surface area contributed by atoms with E-state index in [1.165, 1.54) is 0 Å². The quantitative estimate of drug-likeness (QED) is 0.595. The Labute approximate surface area is 195 Å². The Kier molecular flexibility index (Phi) is 6.63. The van der Waals surface area contributed by atoms with E-state index in [0.717, 1.165) is 16.7 Å². The summed E-state index contributed by atoms with van der Waals surface area (Å²) in [5, 5.41) is 7.48. The number of hydrogen-bond donors (Lipinski definition) is 1. The van der Waals surface area contributed by atoms with Gasteiger partial charge in [0.15, 0.2) is 0 Å². The molecule has 2 heterocycles. The molecule has 0 aliphatic carbocycles. The number of benzene rings is 2. The van der Waals surface area contributed by atoms with Crippen molar-refractivity contribution < 1.29 is 9.59 Å². The van der Waals surface area contributed by atoms with Crippen LogP contribution in [0.4, 0.5) is 0 Å². The molecule has 2 aromatic carbocycles. The fraction of sp³-hybridized carbons (Fsp3) is 0.370. The van der Waals surface area contributed by atoms with Crippen molar-refractivity contribution in [1.82, 2.24) is 20.0 Å². The zero-order valence-electron chi connectivity index (χ0n) is 19.6. The maximum atomic E-state index is 13.4. The monoisotopic (exact) mass is 444 g/mol. The third-order valence-electron chi connectivity index (χ3n) is 6.30. The molecule has 2 amide bonds. The molecule has 4 rings (SSSR count). The zero-order valence-corrected chi connectivity index (χ0v) is 19.6. The van der Waals surface area contributed by atoms with Crippen LogP contribution in [0.2, 0.25) is 0 Å².